The van der Waals surface area contributed by atoms with Crippen molar-refractivity contribution in [1.82, 2.24) is 4.90 Å². The molecule has 1 saturated heterocycles. The molecule has 24 heavy (non-hydrogen) atoms. The number of rotatable bonds is 4. The molecule has 1 heterocycles. The Hall–Kier alpha value is -1.53. The van der Waals surface area contributed by atoms with Gasteiger partial charge in [-0.05, 0) is 64.2 Å². The number of methoxy groups -OCH3 is 1. The molecule has 0 bridgehead atoms. The monoisotopic (exact) mass is 331 g/mol. The molecule has 0 atom stereocenters. The fourth-order valence-corrected chi connectivity index (χ4v) is 2.81. The number of nitrogens with zero attached hydrogens (tertiary/aromatic N) is 1. The van der Waals surface area contributed by atoms with Crippen LogP contribution in [0.25, 0.3) is 0 Å². The quantitative estimate of drug-likeness (QED) is 0.794. The van der Waals surface area contributed by atoms with Gasteiger partial charge >= 0.3 is 7.12 Å². The van der Waals surface area contributed by atoms with Crippen LogP contribution in [-0.4, -0.2) is 49.3 Å². The van der Waals surface area contributed by atoms with Crippen molar-refractivity contribution < 1.29 is 18.8 Å². The van der Waals surface area contributed by atoms with Crippen molar-refractivity contribution in [3.8, 4) is 5.75 Å². The van der Waals surface area contributed by atoms with Gasteiger partial charge in [-0.3, -0.25) is 4.79 Å². The van der Waals surface area contributed by atoms with Crippen molar-refractivity contribution in [2.75, 3.05) is 14.2 Å². The normalized spacial score (nSPS) is 21.7. The molecule has 2 aliphatic rings. The molecule has 1 aliphatic heterocycles. The Morgan fingerprint density at radius 3 is 2.25 bits per heavy atom. The molecule has 0 radical (unpaired) electrons. The van der Waals surface area contributed by atoms with Gasteiger partial charge in [0.1, 0.15) is 5.75 Å². The average Bonchev–Trinajstić information content (AvgIpc) is 3.33. The maximum Gasteiger partial charge on any atom is 0.494 e. The van der Waals surface area contributed by atoms with Crippen LogP contribution in [-0.2, 0) is 9.31 Å². The van der Waals surface area contributed by atoms with Gasteiger partial charge in [-0.15, -0.1) is 0 Å². The van der Waals surface area contributed by atoms with Gasteiger partial charge in [-0.2, -0.15) is 0 Å². The fraction of sp³-hybridized carbons (Fsp3) is 0.611. The van der Waals surface area contributed by atoms with Crippen molar-refractivity contribution in [2.24, 2.45) is 0 Å². The first kappa shape index (κ1) is 17.3. The number of ether oxygens (including phenoxy) is 1. The molecule has 1 aliphatic carbocycles. The molecule has 3 rings (SSSR count). The average molecular weight is 331 g/mol. The summed E-state index contributed by atoms with van der Waals surface area (Å²) in [5.74, 6) is 0.643. The number of amides is 1. The molecule has 2 fully saturated rings. The molecule has 1 saturated carbocycles. The minimum absolute atomic E-state index is 0.00849. The Bertz CT molecular complexity index is 638. The Kier molecular flexibility index (Phi) is 4.17. The number of carbonyl (C=O) groups excluding carboxylic acids is 1. The third kappa shape index (κ3) is 3.05. The summed E-state index contributed by atoms with van der Waals surface area (Å²) in [5.41, 5.74) is 0.569. The van der Waals surface area contributed by atoms with Crippen LogP contribution < -0.4 is 10.2 Å². The Balaban J connectivity index is 1.91. The second kappa shape index (κ2) is 5.78. The highest BCUT2D eigenvalue weighted by Gasteiger charge is 2.52. The summed E-state index contributed by atoms with van der Waals surface area (Å²) >= 11 is 0. The minimum atomic E-state index is -0.511. The standard InChI is InChI=1S/C18H26BNO4/c1-17(2)18(3,4)24-19(23-17)13-9-12(10-15(11-13)22-6)16(21)20(5)14-7-8-14/h9-11,14H,7-8H2,1-6H3. The van der Waals surface area contributed by atoms with Crippen molar-refractivity contribution in [1.29, 1.82) is 0 Å². The second-order valence-electron chi connectivity index (χ2n) is 7.73. The first-order valence-corrected chi connectivity index (χ1v) is 8.46. The van der Waals surface area contributed by atoms with Crippen molar-refractivity contribution in [3.05, 3.63) is 23.8 Å². The summed E-state index contributed by atoms with van der Waals surface area (Å²) in [6, 6.07) is 5.86. The maximum atomic E-state index is 12.7. The molecule has 5 nitrogen and oxygen atoms in total. The van der Waals surface area contributed by atoms with Gasteiger partial charge in [0.05, 0.1) is 18.3 Å². The molecule has 1 aromatic rings. The second-order valence-corrected chi connectivity index (χ2v) is 7.73. The molecule has 130 valence electrons. The minimum Gasteiger partial charge on any atom is -0.497 e. The maximum absolute atomic E-state index is 12.7. The number of carbonyl (C=O) groups is 1. The van der Waals surface area contributed by atoms with Crippen LogP contribution in [0.3, 0.4) is 0 Å². The van der Waals surface area contributed by atoms with E-state index >= 15 is 0 Å². The number of benzene rings is 1. The zero-order valence-corrected chi connectivity index (χ0v) is 15.4. The van der Waals surface area contributed by atoms with Gasteiger partial charge in [0.25, 0.3) is 5.91 Å². The van der Waals surface area contributed by atoms with Gasteiger partial charge in [0, 0.05) is 18.7 Å². The number of hydrogen-bond donors (Lipinski definition) is 0. The molecular weight excluding hydrogens is 305 g/mol. The van der Waals surface area contributed by atoms with Crippen LogP contribution in [0.5, 0.6) is 5.75 Å². The largest absolute Gasteiger partial charge is 0.497 e. The number of hydrogen-bond acceptors (Lipinski definition) is 4. The van der Waals surface area contributed by atoms with Crippen LogP contribution >= 0.6 is 0 Å². The molecule has 1 amide bonds. The van der Waals surface area contributed by atoms with Crippen molar-refractivity contribution in [2.45, 2.75) is 57.8 Å². The zero-order valence-electron chi connectivity index (χ0n) is 15.4. The van der Waals surface area contributed by atoms with Crippen LogP contribution in [0.1, 0.15) is 50.9 Å². The smallest absolute Gasteiger partial charge is 0.494 e. The van der Waals surface area contributed by atoms with E-state index in [-0.39, 0.29) is 5.91 Å². The molecule has 1 aromatic carbocycles. The van der Waals surface area contributed by atoms with E-state index in [1.807, 2.05) is 51.8 Å². The van der Waals surface area contributed by atoms with Gasteiger partial charge in [0.15, 0.2) is 0 Å². The van der Waals surface area contributed by atoms with Gasteiger partial charge in [-0.25, -0.2) is 0 Å². The highest BCUT2D eigenvalue weighted by Crippen LogP contribution is 2.37. The van der Waals surface area contributed by atoms with Crippen LogP contribution in [0.15, 0.2) is 18.2 Å². The van der Waals surface area contributed by atoms with Gasteiger partial charge < -0.3 is 18.9 Å². The van der Waals surface area contributed by atoms with E-state index < -0.39 is 18.3 Å². The zero-order chi connectivity index (χ0) is 17.7. The van der Waals surface area contributed by atoms with Crippen molar-refractivity contribution in [3.63, 3.8) is 0 Å². The Morgan fingerprint density at radius 2 is 1.75 bits per heavy atom. The van der Waals surface area contributed by atoms with Gasteiger partial charge in [-0.1, -0.05) is 0 Å². The summed E-state index contributed by atoms with van der Waals surface area (Å²) in [6.45, 7) is 8.06. The van der Waals surface area contributed by atoms with E-state index in [1.54, 1.807) is 13.2 Å². The highest BCUT2D eigenvalue weighted by molar-refractivity contribution is 6.62. The van der Waals surface area contributed by atoms with E-state index in [2.05, 4.69) is 0 Å². The lowest BCUT2D eigenvalue weighted by Gasteiger charge is -2.32. The lowest BCUT2D eigenvalue weighted by molar-refractivity contribution is 0.00578. The lowest BCUT2D eigenvalue weighted by Crippen LogP contribution is -2.41. The third-order valence-corrected chi connectivity index (χ3v) is 5.35. The predicted molar refractivity (Wildman–Crippen MR) is 93.8 cm³/mol. The molecule has 0 unspecified atom stereocenters. The van der Waals surface area contributed by atoms with Crippen LogP contribution in [0, 0.1) is 0 Å². The Labute approximate surface area is 144 Å². The Morgan fingerprint density at radius 1 is 1.17 bits per heavy atom. The van der Waals surface area contributed by atoms with E-state index in [0.29, 0.717) is 17.4 Å². The fourth-order valence-electron chi connectivity index (χ4n) is 2.81. The van der Waals surface area contributed by atoms with Crippen LogP contribution in [0.4, 0.5) is 0 Å². The summed E-state index contributed by atoms with van der Waals surface area (Å²) in [7, 11) is 2.94. The first-order chi connectivity index (χ1) is 11.1. The third-order valence-electron chi connectivity index (χ3n) is 5.35. The van der Waals surface area contributed by atoms with E-state index in [9.17, 15) is 4.79 Å². The summed E-state index contributed by atoms with van der Waals surface area (Å²) in [4.78, 5) is 14.5. The topological polar surface area (TPSA) is 48.0 Å². The van der Waals surface area contributed by atoms with E-state index in [0.717, 1.165) is 18.3 Å². The summed E-state index contributed by atoms with van der Waals surface area (Å²) < 4.78 is 17.6. The van der Waals surface area contributed by atoms with E-state index in [1.165, 1.54) is 0 Å². The molecule has 6 heteroatoms. The van der Waals surface area contributed by atoms with Crippen molar-refractivity contribution >= 4 is 18.5 Å². The SMILES string of the molecule is COc1cc(B2OC(C)(C)C(C)(C)O2)cc(C(=O)N(C)C2CC2)c1. The highest BCUT2D eigenvalue weighted by atomic mass is 16.7. The lowest BCUT2D eigenvalue weighted by atomic mass is 9.78. The van der Waals surface area contributed by atoms with Crippen LogP contribution in [0.2, 0.25) is 0 Å². The predicted octanol–water partition coefficient (Wildman–Crippen LogP) is 2.23. The molecule has 0 spiro atoms. The summed E-state index contributed by atoms with van der Waals surface area (Å²) in [5, 5.41) is 0. The van der Waals surface area contributed by atoms with E-state index in [4.69, 9.17) is 14.0 Å². The molecule has 0 N–H and O–H groups in total. The summed E-state index contributed by atoms with van der Waals surface area (Å²) in [6.07, 6.45) is 2.16. The molecule has 0 aromatic heterocycles. The first-order valence-electron chi connectivity index (χ1n) is 8.46. The molecular formula is C18H26BNO4. The van der Waals surface area contributed by atoms with Gasteiger partial charge in [0.2, 0.25) is 0 Å².